The second-order valence-electron chi connectivity index (χ2n) is 4.90. The zero-order valence-corrected chi connectivity index (χ0v) is 14.6. The highest BCUT2D eigenvalue weighted by atomic mass is 32.2. The van der Waals surface area contributed by atoms with Crippen molar-refractivity contribution in [2.24, 2.45) is 0 Å². The Kier molecular flexibility index (Phi) is 4.59. The summed E-state index contributed by atoms with van der Waals surface area (Å²) in [6.07, 6.45) is -0.0334. The number of H-pyrrole nitrogens is 1. The second kappa shape index (κ2) is 6.69. The number of oxazole rings is 1. The molecule has 132 valence electrons. The second-order valence-corrected chi connectivity index (χ2v) is 7.44. The van der Waals surface area contributed by atoms with E-state index in [1.54, 1.807) is 12.3 Å². The highest BCUT2D eigenvalue weighted by Gasteiger charge is 2.18. The maximum absolute atomic E-state index is 12.4. The summed E-state index contributed by atoms with van der Waals surface area (Å²) in [4.78, 5) is 29.0. The normalized spacial score (nSPS) is 11.6. The summed E-state index contributed by atoms with van der Waals surface area (Å²) in [5.41, 5.74) is 0.945. The molecule has 9 nitrogen and oxygen atoms in total. The number of benzene rings is 1. The zero-order valence-electron chi connectivity index (χ0n) is 12.9. The molecule has 0 unspecified atom stereocenters. The third-order valence-corrected chi connectivity index (χ3v) is 5.38. The van der Waals surface area contributed by atoms with E-state index in [-0.39, 0.29) is 34.2 Å². The summed E-state index contributed by atoms with van der Waals surface area (Å²) in [6, 6.07) is 3.99. The molecule has 2 heterocycles. The van der Waals surface area contributed by atoms with Crippen molar-refractivity contribution in [1.82, 2.24) is 9.97 Å². The van der Waals surface area contributed by atoms with Gasteiger partial charge >= 0.3 is 11.7 Å². The van der Waals surface area contributed by atoms with E-state index in [1.807, 2.05) is 0 Å². The van der Waals surface area contributed by atoms with Gasteiger partial charge in [0.1, 0.15) is 0 Å². The standard InChI is InChI=1S/C14H13N3O6S2/c1-2-22-12(18)5-8-7-24-13(15-8)17-25(20,21)9-3-4-11-10(6-9)16-14(19)23-11/h3-4,6-7H,2,5H2,1H3,(H,15,17)(H,16,19). The van der Waals surface area contributed by atoms with Crippen molar-refractivity contribution in [2.75, 3.05) is 11.3 Å². The van der Waals surface area contributed by atoms with Gasteiger partial charge in [-0.25, -0.2) is 18.2 Å². The molecule has 25 heavy (non-hydrogen) atoms. The van der Waals surface area contributed by atoms with Crippen LogP contribution in [0.3, 0.4) is 0 Å². The van der Waals surface area contributed by atoms with Crippen LogP contribution < -0.4 is 10.5 Å². The average Bonchev–Trinajstić information content (AvgIpc) is 3.11. The van der Waals surface area contributed by atoms with Crippen LogP contribution in [-0.4, -0.2) is 31.0 Å². The van der Waals surface area contributed by atoms with Gasteiger partial charge in [-0.05, 0) is 25.1 Å². The summed E-state index contributed by atoms with van der Waals surface area (Å²) in [5, 5.41) is 1.70. The number of rotatable bonds is 6. The summed E-state index contributed by atoms with van der Waals surface area (Å²) >= 11 is 1.05. The maximum atomic E-state index is 12.4. The van der Waals surface area contributed by atoms with Crippen molar-refractivity contribution < 1.29 is 22.4 Å². The lowest BCUT2D eigenvalue weighted by atomic mass is 10.3. The Morgan fingerprint density at radius 1 is 1.44 bits per heavy atom. The van der Waals surface area contributed by atoms with Crippen molar-refractivity contribution >= 4 is 43.6 Å². The summed E-state index contributed by atoms with van der Waals surface area (Å²) in [6.45, 7) is 1.96. The highest BCUT2D eigenvalue weighted by molar-refractivity contribution is 7.93. The quantitative estimate of drug-likeness (QED) is 0.616. The lowest BCUT2D eigenvalue weighted by Gasteiger charge is -2.04. The molecule has 2 aromatic heterocycles. The van der Waals surface area contributed by atoms with Crippen molar-refractivity contribution in [3.8, 4) is 0 Å². The van der Waals surface area contributed by atoms with Gasteiger partial charge in [0.25, 0.3) is 10.0 Å². The van der Waals surface area contributed by atoms with E-state index >= 15 is 0 Å². The van der Waals surface area contributed by atoms with Crippen LogP contribution in [0.4, 0.5) is 5.13 Å². The van der Waals surface area contributed by atoms with E-state index in [9.17, 15) is 18.0 Å². The number of hydrogen-bond acceptors (Lipinski definition) is 8. The van der Waals surface area contributed by atoms with Crippen LogP contribution >= 0.6 is 11.3 Å². The number of carbonyl (C=O) groups excluding carboxylic acids is 1. The third kappa shape index (κ3) is 3.88. The van der Waals surface area contributed by atoms with Gasteiger partial charge in [0.15, 0.2) is 10.7 Å². The van der Waals surface area contributed by atoms with Crippen LogP contribution in [0.5, 0.6) is 0 Å². The molecule has 0 saturated heterocycles. The van der Waals surface area contributed by atoms with Gasteiger partial charge in [0.05, 0.1) is 29.1 Å². The first kappa shape index (κ1) is 17.2. The molecule has 0 spiro atoms. The number of esters is 1. The van der Waals surface area contributed by atoms with Gasteiger partial charge < -0.3 is 9.15 Å². The summed E-state index contributed by atoms with van der Waals surface area (Å²) in [5.74, 6) is -1.10. The Morgan fingerprint density at radius 3 is 3.00 bits per heavy atom. The molecule has 0 fully saturated rings. The van der Waals surface area contributed by atoms with E-state index in [1.165, 1.54) is 18.2 Å². The molecule has 0 radical (unpaired) electrons. The van der Waals surface area contributed by atoms with Gasteiger partial charge in [-0.3, -0.25) is 14.5 Å². The van der Waals surface area contributed by atoms with Crippen LogP contribution in [0.2, 0.25) is 0 Å². The molecule has 11 heteroatoms. The zero-order chi connectivity index (χ0) is 18.0. The minimum absolute atomic E-state index is 0.0334. The molecule has 3 aromatic rings. The molecule has 0 aliphatic heterocycles. The molecule has 0 amide bonds. The van der Waals surface area contributed by atoms with Gasteiger partial charge in [0.2, 0.25) is 0 Å². The Hall–Kier alpha value is -2.66. The van der Waals surface area contributed by atoms with Gasteiger partial charge in [-0.15, -0.1) is 11.3 Å². The molecule has 0 aliphatic carbocycles. The largest absolute Gasteiger partial charge is 0.466 e. The van der Waals surface area contributed by atoms with E-state index in [0.717, 1.165) is 11.3 Å². The smallest absolute Gasteiger partial charge is 0.417 e. The van der Waals surface area contributed by atoms with Gasteiger partial charge in [-0.2, -0.15) is 0 Å². The van der Waals surface area contributed by atoms with Crippen molar-refractivity contribution in [1.29, 1.82) is 0 Å². The third-order valence-electron chi connectivity index (χ3n) is 3.10. The minimum Gasteiger partial charge on any atom is -0.466 e. The van der Waals surface area contributed by atoms with Crippen LogP contribution in [0.25, 0.3) is 11.1 Å². The number of aromatic nitrogens is 2. The predicted molar refractivity (Wildman–Crippen MR) is 90.1 cm³/mol. The number of sulfonamides is 1. The Labute approximate surface area is 145 Å². The number of carbonyl (C=O) groups is 1. The molecule has 0 atom stereocenters. The number of anilines is 1. The molecular formula is C14H13N3O6S2. The van der Waals surface area contributed by atoms with E-state index in [0.29, 0.717) is 5.69 Å². The predicted octanol–water partition coefficient (Wildman–Crippen LogP) is 1.48. The lowest BCUT2D eigenvalue weighted by Crippen LogP contribution is -2.13. The van der Waals surface area contributed by atoms with Crippen LogP contribution in [-0.2, 0) is 26.0 Å². The van der Waals surface area contributed by atoms with Gasteiger partial charge in [-0.1, -0.05) is 0 Å². The monoisotopic (exact) mass is 383 g/mol. The first-order valence-electron chi connectivity index (χ1n) is 7.13. The number of nitrogens with zero attached hydrogens (tertiary/aromatic N) is 1. The van der Waals surface area contributed by atoms with E-state index < -0.39 is 21.7 Å². The first-order valence-corrected chi connectivity index (χ1v) is 9.49. The molecule has 0 bridgehead atoms. The number of thiazole rings is 1. The SMILES string of the molecule is CCOC(=O)Cc1csc(NS(=O)(=O)c2ccc3oc(=O)[nH]c3c2)n1. The lowest BCUT2D eigenvalue weighted by molar-refractivity contribution is -0.142. The fraction of sp³-hybridized carbons (Fsp3) is 0.214. The van der Waals surface area contributed by atoms with Crippen molar-refractivity contribution in [3.05, 3.63) is 39.8 Å². The van der Waals surface area contributed by atoms with E-state index in [4.69, 9.17) is 9.15 Å². The van der Waals surface area contributed by atoms with Crippen LogP contribution in [0, 0.1) is 0 Å². The van der Waals surface area contributed by atoms with Crippen LogP contribution in [0.15, 0.2) is 37.7 Å². The van der Waals surface area contributed by atoms with Crippen molar-refractivity contribution in [2.45, 2.75) is 18.2 Å². The topological polar surface area (TPSA) is 131 Å². The number of fused-ring (bicyclic) bond motifs is 1. The summed E-state index contributed by atoms with van der Waals surface area (Å²) < 4.78 is 36.8. The Morgan fingerprint density at radius 2 is 2.24 bits per heavy atom. The number of ether oxygens (including phenoxy) is 1. The number of nitrogens with one attached hydrogen (secondary N) is 2. The Balaban J connectivity index is 1.79. The molecule has 1 aromatic carbocycles. The van der Waals surface area contributed by atoms with Crippen LogP contribution in [0.1, 0.15) is 12.6 Å². The first-order chi connectivity index (χ1) is 11.9. The molecule has 3 rings (SSSR count). The Bertz CT molecular complexity index is 1080. The molecule has 0 saturated carbocycles. The molecular weight excluding hydrogens is 370 g/mol. The maximum Gasteiger partial charge on any atom is 0.417 e. The molecule has 0 aliphatic rings. The minimum atomic E-state index is -3.90. The highest BCUT2D eigenvalue weighted by Crippen LogP contribution is 2.22. The van der Waals surface area contributed by atoms with Crippen molar-refractivity contribution in [3.63, 3.8) is 0 Å². The average molecular weight is 383 g/mol. The fourth-order valence-corrected chi connectivity index (χ4v) is 4.06. The number of aromatic amines is 1. The molecule has 2 N–H and O–H groups in total. The van der Waals surface area contributed by atoms with Gasteiger partial charge in [0, 0.05) is 5.38 Å². The van der Waals surface area contributed by atoms with E-state index in [2.05, 4.69) is 14.7 Å². The summed E-state index contributed by atoms with van der Waals surface area (Å²) in [7, 11) is -3.90. The fourth-order valence-electron chi connectivity index (χ4n) is 2.07. The number of hydrogen-bond donors (Lipinski definition) is 2.